The van der Waals surface area contributed by atoms with Crippen molar-refractivity contribution in [2.24, 2.45) is 0 Å². The molecule has 1 aliphatic rings. The van der Waals surface area contributed by atoms with Crippen LogP contribution in [0.2, 0.25) is 0 Å². The molecule has 3 aromatic rings. The van der Waals surface area contributed by atoms with Crippen molar-refractivity contribution in [3.05, 3.63) is 53.9 Å². The lowest BCUT2D eigenvalue weighted by molar-refractivity contribution is -0.121. The van der Waals surface area contributed by atoms with Crippen LogP contribution in [0.4, 0.5) is 0 Å². The van der Waals surface area contributed by atoms with E-state index < -0.39 is 0 Å². The van der Waals surface area contributed by atoms with Crippen molar-refractivity contribution in [2.75, 3.05) is 6.79 Å². The number of nitrogens with zero attached hydrogens (tertiary/aromatic N) is 1. The van der Waals surface area contributed by atoms with Crippen molar-refractivity contribution in [1.29, 1.82) is 0 Å². The van der Waals surface area contributed by atoms with E-state index in [0.717, 1.165) is 33.9 Å². The Morgan fingerprint density at radius 3 is 2.96 bits per heavy atom. The van der Waals surface area contributed by atoms with Crippen LogP contribution in [-0.4, -0.2) is 22.7 Å². The monoisotopic (exact) mass is 323 g/mol. The lowest BCUT2D eigenvalue weighted by Crippen LogP contribution is -2.23. The van der Waals surface area contributed by atoms with Crippen LogP contribution < -0.4 is 14.8 Å². The molecule has 2 aromatic carbocycles. The minimum Gasteiger partial charge on any atom is -0.454 e. The van der Waals surface area contributed by atoms with Crippen LogP contribution >= 0.6 is 0 Å². The van der Waals surface area contributed by atoms with Crippen LogP contribution in [0.3, 0.4) is 0 Å². The molecule has 24 heavy (non-hydrogen) atoms. The van der Waals surface area contributed by atoms with Crippen LogP contribution in [0.25, 0.3) is 11.0 Å². The minimum atomic E-state index is -0.00637. The zero-order chi connectivity index (χ0) is 16.4. The fourth-order valence-electron chi connectivity index (χ4n) is 2.71. The Balaban J connectivity index is 1.30. The lowest BCUT2D eigenvalue weighted by Gasteiger charge is -2.04. The first-order valence-corrected chi connectivity index (χ1v) is 7.87. The molecular weight excluding hydrogens is 306 g/mol. The fraction of sp³-hybridized carbons (Fsp3) is 0.222. The van der Waals surface area contributed by atoms with Crippen molar-refractivity contribution in [3.8, 4) is 11.5 Å². The van der Waals surface area contributed by atoms with E-state index in [2.05, 4.69) is 15.3 Å². The van der Waals surface area contributed by atoms with E-state index in [1.165, 1.54) is 0 Å². The first-order chi connectivity index (χ1) is 11.8. The summed E-state index contributed by atoms with van der Waals surface area (Å²) in [4.78, 5) is 19.7. The molecule has 122 valence electrons. The molecule has 2 N–H and O–H groups in total. The second-order valence-corrected chi connectivity index (χ2v) is 5.66. The van der Waals surface area contributed by atoms with E-state index in [4.69, 9.17) is 9.47 Å². The highest BCUT2D eigenvalue weighted by atomic mass is 16.7. The summed E-state index contributed by atoms with van der Waals surface area (Å²) < 4.78 is 10.6. The molecule has 0 saturated carbocycles. The van der Waals surface area contributed by atoms with Gasteiger partial charge in [0.05, 0.1) is 17.6 Å². The van der Waals surface area contributed by atoms with Gasteiger partial charge in [-0.05, 0) is 36.2 Å². The van der Waals surface area contributed by atoms with Crippen LogP contribution in [0.5, 0.6) is 11.5 Å². The molecule has 6 nitrogen and oxygen atoms in total. The molecule has 0 saturated heterocycles. The van der Waals surface area contributed by atoms with Gasteiger partial charge in [-0.2, -0.15) is 0 Å². The van der Waals surface area contributed by atoms with Crippen molar-refractivity contribution in [3.63, 3.8) is 0 Å². The van der Waals surface area contributed by atoms with Gasteiger partial charge in [0.15, 0.2) is 11.5 Å². The maximum Gasteiger partial charge on any atom is 0.231 e. The number of aryl methyl sites for hydroxylation is 1. The smallest absolute Gasteiger partial charge is 0.231 e. The molecule has 1 aromatic heterocycles. The number of imidazole rings is 1. The standard InChI is InChI=1S/C18H17N3O3/c22-18(8-6-12-5-7-15-16(9-12)24-11-23-15)19-10-17-20-13-3-1-2-4-14(13)21-17/h1-5,7,9H,6,8,10-11H2,(H,19,22)(H,20,21). The number of fused-ring (bicyclic) bond motifs is 2. The minimum absolute atomic E-state index is 0.00637. The number of ether oxygens (including phenoxy) is 2. The number of hydrogen-bond acceptors (Lipinski definition) is 4. The third kappa shape index (κ3) is 3.03. The molecule has 0 radical (unpaired) electrons. The van der Waals surface area contributed by atoms with Gasteiger partial charge in [-0.25, -0.2) is 4.98 Å². The second kappa shape index (κ2) is 6.23. The fourth-order valence-corrected chi connectivity index (χ4v) is 2.71. The highest BCUT2D eigenvalue weighted by Crippen LogP contribution is 2.32. The third-order valence-electron chi connectivity index (χ3n) is 3.97. The summed E-state index contributed by atoms with van der Waals surface area (Å²) >= 11 is 0. The van der Waals surface area contributed by atoms with Crippen LogP contribution in [0.1, 0.15) is 17.8 Å². The number of carbonyl (C=O) groups excluding carboxylic acids is 1. The summed E-state index contributed by atoms with van der Waals surface area (Å²) in [6, 6.07) is 13.6. The number of rotatable bonds is 5. The van der Waals surface area contributed by atoms with Gasteiger partial charge in [-0.3, -0.25) is 4.79 Å². The Morgan fingerprint density at radius 2 is 2.04 bits per heavy atom. The van der Waals surface area contributed by atoms with Crippen molar-refractivity contribution in [1.82, 2.24) is 15.3 Å². The molecular formula is C18H17N3O3. The van der Waals surface area contributed by atoms with E-state index in [1.54, 1.807) is 0 Å². The quantitative estimate of drug-likeness (QED) is 0.756. The SMILES string of the molecule is O=C(CCc1ccc2c(c1)OCO2)NCc1nc2ccccc2[nH]1. The van der Waals surface area contributed by atoms with Crippen molar-refractivity contribution >= 4 is 16.9 Å². The van der Waals surface area contributed by atoms with Gasteiger partial charge in [-0.15, -0.1) is 0 Å². The highest BCUT2D eigenvalue weighted by Gasteiger charge is 2.13. The molecule has 0 atom stereocenters. The van der Waals surface area contributed by atoms with E-state index in [0.29, 0.717) is 19.4 Å². The average molecular weight is 323 g/mol. The number of para-hydroxylation sites is 2. The molecule has 0 unspecified atom stereocenters. The highest BCUT2D eigenvalue weighted by molar-refractivity contribution is 5.77. The Hall–Kier alpha value is -3.02. The predicted octanol–water partition coefficient (Wildman–Crippen LogP) is 2.54. The van der Waals surface area contributed by atoms with Gasteiger partial charge in [0, 0.05) is 6.42 Å². The van der Waals surface area contributed by atoms with Gasteiger partial charge in [0.2, 0.25) is 12.7 Å². The molecule has 0 spiro atoms. The summed E-state index contributed by atoms with van der Waals surface area (Å²) in [5.41, 5.74) is 2.93. The molecule has 6 heteroatoms. The number of amides is 1. The number of aromatic amines is 1. The summed E-state index contributed by atoms with van der Waals surface area (Å²) in [6.07, 6.45) is 1.07. The summed E-state index contributed by atoms with van der Waals surface area (Å²) in [7, 11) is 0. The van der Waals surface area contributed by atoms with Crippen LogP contribution in [-0.2, 0) is 17.8 Å². The zero-order valence-corrected chi connectivity index (χ0v) is 13.0. The summed E-state index contributed by atoms with van der Waals surface area (Å²) in [5.74, 6) is 2.25. The second-order valence-electron chi connectivity index (χ2n) is 5.66. The van der Waals surface area contributed by atoms with Gasteiger partial charge in [0.1, 0.15) is 5.82 Å². The van der Waals surface area contributed by atoms with E-state index >= 15 is 0 Å². The van der Waals surface area contributed by atoms with Crippen molar-refractivity contribution in [2.45, 2.75) is 19.4 Å². The average Bonchev–Trinajstić information content (AvgIpc) is 3.23. The summed E-state index contributed by atoms with van der Waals surface area (Å²) in [6.45, 7) is 0.658. The number of hydrogen-bond donors (Lipinski definition) is 2. The third-order valence-corrected chi connectivity index (χ3v) is 3.97. The van der Waals surface area contributed by atoms with E-state index in [9.17, 15) is 4.79 Å². The summed E-state index contributed by atoms with van der Waals surface area (Å²) in [5, 5.41) is 2.89. The topological polar surface area (TPSA) is 76.2 Å². The lowest BCUT2D eigenvalue weighted by atomic mass is 10.1. The van der Waals surface area contributed by atoms with Gasteiger partial charge in [0.25, 0.3) is 0 Å². The number of carbonyl (C=O) groups is 1. The molecule has 0 bridgehead atoms. The molecule has 2 heterocycles. The first kappa shape index (κ1) is 14.6. The maximum absolute atomic E-state index is 12.0. The van der Waals surface area contributed by atoms with Gasteiger partial charge >= 0.3 is 0 Å². The number of nitrogens with one attached hydrogen (secondary N) is 2. The molecule has 0 aliphatic carbocycles. The number of H-pyrrole nitrogens is 1. The zero-order valence-electron chi connectivity index (χ0n) is 13.0. The Kier molecular flexibility index (Phi) is 3.78. The first-order valence-electron chi connectivity index (χ1n) is 7.87. The van der Waals surface area contributed by atoms with Crippen molar-refractivity contribution < 1.29 is 14.3 Å². The number of aromatic nitrogens is 2. The molecule has 1 amide bonds. The Morgan fingerprint density at radius 1 is 1.17 bits per heavy atom. The Bertz CT molecular complexity index is 855. The number of benzene rings is 2. The molecule has 1 aliphatic heterocycles. The molecule has 0 fully saturated rings. The van der Waals surface area contributed by atoms with Gasteiger partial charge < -0.3 is 19.8 Å². The van der Waals surface area contributed by atoms with Crippen LogP contribution in [0.15, 0.2) is 42.5 Å². The predicted molar refractivity (Wildman–Crippen MR) is 88.8 cm³/mol. The van der Waals surface area contributed by atoms with E-state index in [-0.39, 0.29) is 12.7 Å². The molecule has 4 rings (SSSR count). The van der Waals surface area contributed by atoms with E-state index in [1.807, 2.05) is 42.5 Å². The van der Waals surface area contributed by atoms with Gasteiger partial charge in [-0.1, -0.05) is 18.2 Å². The van der Waals surface area contributed by atoms with Crippen LogP contribution in [0, 0.1) is 0 Å². The Labute approximate surface area is 138 Å². The largest absolute Gasteiger partial charge is 0.454 e. The normalized spacial score (nSPS) is 12.5. The maximum atomic E-state index is 12.0.